The van der Waals surface area contributed by atoms with Gasteiger partial charge in [-0.3, -0.25) is 0 Å². The molecule has 4 heteroatoms. The molecule has 0 saturated carbocycles. The fourth-order valence-corrected chi connectivity index (χ4v) is 1.70. The summed E-state index contributed by atoms with van der Waals surface area (Å²) in [6.07, 6.45) is 0.497. The third kappa shape index (κ3) is 4.47. The van der Waals surface area contributed by atoms with Crippen molar-refractivity contribution in [1.82, 2.24) is 5.32 Å². The maximum Gasteiger partial charge on any atom is 0.350 e. The molecule has 0 aliphatic heterocycles. The number of carbonyl (C=O) groups excluding carboxylic acids is 1. The lowest BCUT2D eigenvalue weighted by molar-refractivity contribution is -0.135. The maximum absolute atomic E-state index is 11.6. The Hall–Kier alpha value is -2.28. The summed E-state index contributed by atoms with van der Waals surface area (Å²) >= 11 is 0. The summed E-state index contributed by atoms with van der Waals surface area (Å²) in [4.78, 5) is 11.6. The molecule has 0 fully saturated rings. The van der Waals surface area contributed by atoms with Gasteiger partial charge in [0, 0.05) is 18.2 Å². The summed E-state index contributed by atoms with van der Waals surface area (Å²) in [5.74, 6) is -0.610. The first-order valence-electron chi connectivity index (χ1n) is 6.10. The Bertz CT molecular complexity index is 499. The molecule has 0 bridgehead atoms. The van der Waals surface area contributed by atoms with E-state index in [9.17, 15) is 4.79 Å². The largest absolute Gasteiger partial charge is 0.465 e. The predicted octanol–water partition coefficient (Wildman–Crippen LogP) is 2.18. The first-order chi connectivity index (χ1) is 9.08. The molecule has 19 heavy (non-hydrogen) atoms. The van der Waals surface area contributed by atoms with E-state index in [1.807, 2.05) is 50.2 Å². The third-order valence-corrected chi connectivity index (χ3v) is 2.49. The maximum atomic E-state index is 11.6. The number of nitrogens with zero attached hydrogens (tertiary/aromatic N) is 1. The van der Waals surface area contributed by atoms with E-state index < -0.39 is 5.97 Å². The van der Waals surface area contributed by atoms with Gasteiger partial charge in [0.05, 0.1) is 7.11 Å². The first kappa shape index (κ1) is 14.8. The molecule has 0 aromatic heterocycles. The number of nitrogens with one attached hydrogen (secondary N) is 1. The number of methoxy groups -OCH3 is 1. The molecular formula is C15H18N2O2. The SMILES string of the molecule is COC(=O)/C(C#N)=C(/Cc1ccccc1)NC(C)C. The second-order valence-electron chi connectivity index (χ2n) is 4.42. The molecule has 0 amide bonds. The fourth-order valence-electron chi connectivity index (χ4n) is 1.70. The Morgan fingerprint density at radius 2 is 2.00 bits per heavy atom. The van der Waals surface area contributed by atoms with Gasteiger partial charge >= 0.3 is 5.97 Å². The number of rotatable bonds is 5. The highest BCUT2D eigenvalue weighted by Crippen LogP contribution is 2.12. The summed E-state index contributed by atoms with van der Waals surface area (Å²) in [7, 11) is 1.27. The van der Waals surface area contributed by atoms with Crippen molar-refractivity contribution in [2.45, 2.75) is 26.3 Å². The van der Waals surface area contributed by atoms with Gasteiger partial charge in [0.1, 0.15) is 6.07 Å². The van der Waals surface area contributed by atoms with Gasteiger partial charge in [-0.25, -0.2) is 4.79 Å². The van der Waals surface area contributed by atoms with Gasteiger partial charge in [-0.2, -0.15) is 5.26 Å². The molecule has 1 N–H and O–H groups in total. The minimum absolute atomic E-state index is 0.0278. The molecule has 0 aliphatic rings. The quantitative estimate of drug-likeness (QED) is 0.499. The number of hydrogen-bond donors (Lipinski definition) is 1. The van der Waals surface area contributed by atoms with Crippen LogP contribution in [0.4, 0.5) is 0 Å². The zero-order chi connectivity index (χ0) is 14.3. The Morgan fingerprint density at radius 1 is 1.37 bits per heavy atom. The van der Waals surface area contributed by atoms with E-state index in [-0.39, 0.29) is 11.6 Å². The van der Waals surface area contributed by atoms with Crippen molar-refractivity contribution in [2.24, 2.45) is 0 Å². The molecule has 0 heterocycles. The Labute approximate surface area is 113 Å². The van der Waals surface area contributed by atoms with Crippen LogP contribution < -0.4 is 5.32 Å². The van der Waals surface area contributed by atoms with Crippen LogP contribution in [0.1, 0.15) is 19.4 Å². The molecule has 1 rings (SSSR count). The molecule has 1 aromatic rings. The van der Waals surface area contributed by atoms with Crippen LogP contribution in [-0.4, -0.2) is 19.1 Å². The Kier molecular flexibility index (Phi) is 5.62. The number of allylic oxidation sites excluding steroid dienone is 1. The van der Waals surface area contributed by atoms with Crippen molar-refractivity contribution in [3.05, 3.63) is 47.2 Å². The monoisotopic (exact) mass is 258 g/mol. The minimum Gasteiger partial charge on any atom is -0.465 e. The van der Waals surface area contributed by atoms with Crippen molar-refractivity contribution in [3.8, 4) is 6.07 Å². The highest BCUT2D eigenvalue weighted by molar-refractivity contribution is 5.93. The second-order valence-corrected chi connectivity index (χ2v) is 4.42. The van der Waals surface area contributed by atoms with Crippen molar-refractivity contribution in [1.29, 1.82) is 5.26 Å². The lowest BCUT2D eigenvalue weighted by Crippen LogP contribution is -2.26. The third-order valence-electron chi connectivity index (χ3n) is 2.49. The predicted molar refractivity (Wildman–Crippen MR) is 73.1 cm³/mol. The summed E-state index contributed by atoms with van der Waals surface area (Å²) in [5.41, 5.74) is 1.65. The molecule has 4 nitrogen and oxygen atoms in total. The molecule has 0 aliphatic carbocycles. The van der Waals surface area contributed by atoms with Gasteiger partial charge in [-0.1, -0.05) is 30.3 Å². The zero-order valence-electron chi connectivity index (χ0n) is 11.4. The average Bonchev–Trinajstić information content (AvgIpc) is 2.39. The Balaban J connectivity index is 3.10. The van der Waals surface area contributed by atoms with Crippen LogP contribution in [0.5, 0.6) is 0 Å². The molecule has 0 atom stereocenters. The van der Waals surface area contributed by atoms with Crippen LogP contribution in [0.2, 0.25) is 0 Å². The van der Waals surface area contributed by atoms with Crippen molar-refractivity contribution in [3.63, 3.8) is 0 Å². The molecular weight excluding hydrogens is 240 g/mol. The summed E-state index contributed by atoms with van der Waals surface area (Å²) in [5, 5.41) is 12.3. The summed E-state index contributed by atoms with van der Waals surface area (Å²) < 4.78 is 4.64. The van der Waals surface area contributed by atoms with Gasteiger partial charge in [0.25, 0.3) is 0 Å². The van der Waals surface area contributed by atoms with Crippen molar-refractivity contribution < 1.29 is 9.53 Å². The van der Waals surface area contributed by atoms with Crippen molar-refractivity contribution >= 4 is 5.97 Å². The van der Waals surface area contributed by atoms with E-state index in [1.165, 1.54) is 7.11 Å². The number of esters is 1. The molecule has 0 unspecified atom stereocenters. The van der Waals surface area contributed by atoms with Crippen LogP contribution in [0.25, 0.3) is 0 Å². The second kappa shape index (κ2) is 7.22. The lowest BCUT2D eigenvalue weighted by Gasteiger charge is -2.15. The standard InChI is InChI=1S/C15H18N2O2/c1-11(2)17-14(13(10-16)15(18)19-3)9-12-7-5-4-6-8-12/h4-8,11,17H,9H2,1-3H3/b14-13-. The average molecular weight is 258 g/mol. The fraction of sp³-hybridized carbons (Fsp3) is 0.333. The van der Waals surface area contributed by atoms with E-state index in [1.54, 1.807) is 0 Å². The van der Waals surface area contributed by atoms with Crippen LogP contribution in [-0.2, 0) is 16.0 Å². The molecule has 1 aromatic carbocycles. The van der Waals surface area contributed by atoms with E-state index in [0.29, 0.717) is 12.1 Å². The normalized spacial score (nSPS) is 11.5. The van der Waals surface area contributed by atoms with Gasteiger partial charge in [-0.15, -0.1) is 0 Å². The number of carbonyl (C=O) groups is 1. The minimum atomic E-state index is -0.610. The summed E-state index contributed by atoms with van der Waals surface area (Å²) in [6.45, 7) is 3.91. The van der Waals surface area contributed by atoms with Gasteiger partial charge in [0.2, 0.25) is 0 Å². The van der Waals surface area contributed by atoms with E-state index in [4.69, 9.17) is 5.26 Å². The number of ether oxygens (including phenoxy) is 1. The molecule has 100 valence electrons. The number of nitriles is 1. The van der Waals surface area contributed by atoms with E-state index in [2.05, 4.69) is 10.1 Å². The highest BCUT2D eigenvalue weighted by Gasteiger charge is 2.16. The van der Waals surface area contributed by atoms with Gasteiger partial charge in [-0.05, 0) is 19.4 Å². The Morgan fingerprint density at radius 3 is 2.47 bits per heavy atom. The summed E-state index contributed by atoms with van der Waals surface area (Å²) in [6, 6.07) is 11.7. The lowest BCUT2D eigenvalue weighted by atomic mass is 10.1. The number of hydrogen-bond acceptors (Lipinski definition) is 4. The van der Waals surface area contributed by atoms with Crippen molar-refractivity contribution in [2.75, 3.05) is 7.11 Å². The molecule has 0 saturated heterocycles. The zero-order valence-corrected chi connectivity index (χ0v) is 11.4. The topological polar surface area (TPSA) is 62.1 Å². The van der Waals surface area contributed by atoms with E-state index >= 15 is 0 Å². The van der Waals surface area contributed by atoms with Crippen LogP contribution in [0.3, 0.4) is 0 Å². The van der Waals surface area contributed by atoms with Crippen LogP contribution in [0.15, 0.2) is 41.6 Å². The molecule has 0 spiro atoms. The smallest absolute Gasteiger partial charge is 0.350 e. The first-order valence-corrected chi connectivity index (χ1v) is 6.10. The number of benzene rings is 1. The highest BCUT2D eigenvalue weighted by atomic mass is 16.5. The van der Waals surface area contributed by atoms with Gasteiger partial charge < -0.3 is 10.1 Å². The van der Waals surface area contributed by atoms with Crippen LogP contribution in [0, 0.1) is 11.3 Å². The van der Waals surface area contributed by atoms with Crippen LogP contribution >= 0.6 is 0 Å². The van der Waals surface area contributed by atoms with E-state index in [0.717, 1.165) is 5.56 Å². The molecule has 0 radical (unpaired) electrons. The van der Waals surface area contributed by atoms with Gasteiger partial charge in [0.15, 0.2) is 5.57 Å².